The van der Waals surface area contributed by atoms with Crippen molar-refractivity contribution in [3.63, 3.8) is 0 Å². The van der Waals surface area contributed by atoms with E-state index in [-0.39, 0.29) is 23.7 Å². The van der Waals surface area contributed by atoms with E-state index in [0.29, 0.717) is 26.1 Å². The summed E-state index contributed by atoms with van der Waals surface area (Å²) in [6, 6.07) is 0.159. The number of amides is 2. The van der Waals surface area contributed by atoms with Crippen LogP contribution in [0.2, 0.25) is 0 Å². The van der Waals surface area contributed by atoms with Gasteiger partial charge in [-0.15, -0.1) is 10.2 Å². The molecule has 1 atom stereocenters. The molecule has 1 aromatic rings. The van der Waals surface area contributed by atoms with Gasteiger partial charge in [0.25, 0.3) is 11.7 Å². The molecule has 90 valence electrons. The molecule has 1 unspecified atom stereocenters. The molecule has 2 saturated heterocycles. The first-order valence-electron chi connectivity index (χ1n) is 5.58. The molecule has 2 aliphatic rings. The number of nitrogens with one attached hydrogen (secondary N) is 1. The number of hydrogen-bond acceptors (Lipinski definition) is 5. The number of nitrogens with zero attached hydrogens (tertiary/aromatic N) is 5. The van der Waals surface area contributed by atoms with E-state index < -0.39 is 0 Å². The molecule has 17 heavy (non-hydrogen) atoms. The van der Waals surface area contributed by atoms with Gasteiger partial charge in [0.15, 0.2) is 0 Å². The third-order valence-electron chi connectivity index (χ3n) is 3.32. The van der Waals surface area contributed by atoms with Gasteiger partial charge >= 0.3 is 0 Å². The number of tetrazole rings is 1. The maximum absolute atomic E-state index is 12.0. The van der Waals surface area contributed by atoms with E-state index in [1.54, 1.807) is 4.90 Å². The van der Waals surface area contributed by atoms with Crippen LogP contribution in [0.1, 0.15) is 23.5 Å². The summed E-state index contributed by atoms with van der Waals surface area (Å²) in [5, 5.41) is 13.0. The van der Waals surface area contributed by atoms with Crippen molar-refractivity contribution >= 4 is 11.8 Å². The molecule has 0 saturated carbocycles. The summed E-state index contributed by atoms with van der Waals surface area (Å²) < 4.78 is 0. The maximum atomic E-state index is 12.0. The van der Waals surface area contributed by atoms with Crippen LogP contribution in [0.5, 0.6) is 0 Å². The topological polar surface area (TPSA) is 95.1 Å². The predicted octanol–water partition coefficient (Wildman–Crippen LogP) is -1.35. The van der Waals surface area contributed by atoms with Gasteiger partial charge in [-0.25, -0.2) is 0 Å². The Morgan fingerprint density at radius 2 is 2.29 bits per heavy atom. The normalized spacial score (nSPS) is 24.0. The summed E-state index contributed by atoms with van der Waals surface area (Å²) in [6.45, 7) is 1.71. The van der Waals surface area contributed by atoms with E-state index in [1.165, 1.54) is 0 Å². The molecule has 0 spiro atoms. The van der Waals surface area contributed by atoms with Gasteiger partial charge in [-0.1, -0.05) is 0 Å². The van der Waals surface area contributed by atoms with Gasteiger partial charge in [0, 0.05) is 32.1 Å². The van der Waals surface area contributed by atoms with Gasteiger partial charge in [0.05, 0.1) is 0 Å². The Labute approximate surface area is 97.0 Å². The van der Waals surface area contributed by atoms with Crippen molar-refractivity contribution in [2.45, 2.75) is 18.9 Å². The summed E-state index contributed by atoms with van der Waals surface area (Å²) in [5.41, 5.74) is 0. The van der Waals surface area contributed by atoms with Gasteiger partial charge in [-0.3, -0.25) is 9.59 Å². The molecule has 1 N–H and O–H groups in total. The highest BCUT2D eigenvalue weighted by molar-refractivity contribution is 5.90. The minimum Gasteiger partial charge on any atom is -0.336 e. The first kappa shape index (κ1) is 10.2. The average molecular weight is 236 g/mol. The number of fused-ring (bicyclic) bond motifs is 1. The third kappa shape index (κ3) is 1.65. The quantitative estimate of drug-likeness (QED) is 0.650. The monoisotopic (exact) mass is 236 g/mol. The fourth-order valence-electron chi connectivity index (χ4n) is 2.44. The van der Waals surface area contributed by atoms with Crippen molar-refractivity contribution < 1.29 is 9.59 Å². The van der Waals surface area contributed by atoms with Crippen LogP contribution in [0.15, 0.2) is 0 Å². The Hall–Kier alpha value is -1.99. The number of carbonyl (C=O) groups is 2. The fourth-order valence-corrected chi connectivity index (χ4v) is 2.44. The van der Waals surface area contributed by atoms with Gasteiger partial charge in [-0.05, 0) is 11.6 Å². The lowest BCUT2D eigenvalue weighted by molar-refractivity contribution is -0.130. The fraction of sp³-hybridized carbons (Fsp3) is 0.667. The van der Waals surface area contributed by atoms with Crippen LogP contribution in [0.25, 0.3) is 0 Å². The molecule has 8 nitrogen and oxygen atoms in total. The smallest absolute Gasteiger partial charge is 0.295 e. The van der Waals surface area contributed by atoms with Crippen LogP contribution < -0.4 is 0 Å². The molecule has 0 radical (unpaired) electrons. The van der Waals surface area contributed by atoms with E-state index in [1.807, 2.05) is 4.90 Å². The van der Waals surface area contributed by atoms with Crippen LogP contribution in [0.3, 0.4) is 0 Å². The Morgan fingerprint density at radius 1 is 1.41 bits per heavy atom. The highest BCUT2D eigenvalue weighted by Crippen LogP contribution is 2.23. The molecule has 3 rings (SSSR count). The van der Waals surface area contributed by atoms with Crippen LogP contribution >= 0.6 is 0 Å². The van der Waals surface area contributed by atoms with Gasteiger partial charge in [-0.2, -0.15) is 5.21 Å². The van der Waals surface area contributed by atoms with Gasteiger partial charge in [0.2, 0.25) is 5.91 Å². The van der Waals surface area contributed by atoms with Crippen molar-refractivity contribution in [2.75, 3.05) is 19.6 Å². The summed E-state index contributed by atoms with van der Waals surface area (Å²) in [6.07, 6.45) is 1.42. The van der Waals surface area contributed by atoms with E-state index in [0.717, 1.165) is 6.42 Å². The second-order valence-electron chi connectivity index (χ2n) is 4.27. The molecule has 2 amide bonds. The van der Waals surface area contributed by atoms with Gasteiger partial charge < -0.3 is 9.80 Å². The number of H-pyrrole nitrogens is 1. The van der Waals surface area contributed by atoms with Crippen molar-refractivity contribution in [3.8, 4) is 0 Å². The Bertz CT molecular complexity index is 444. The lowest BCUT2D eigenvalue weighted by Crippen LogP contribution is -2.53. The summed E-state index contributed by atoms with van der Waals surface area (Å²) in [7, 11) is 0. The standard InChI is InChI=1S/C9H12N6O2/c16-7-2-1-6-5-14(3-4-15(6)7)9(17)8-10-12-13-11-8/h6H,1-5H2,(H,10,11,12,13). The molecule has 2 aliphatic heterocycles. The zero-order valence-electron chi connectivity index (χ0n) is 9.17. The number of aromatic amines is 1. The van der Waals surface area contributed by atoms with Crippen LogP contribution in [-0.2, 0) is 4.79 Å². The predicted molar refractivity (Wildman–Crippen MR) is 54.8 cm³/mol. The van der Waals surface area contributed by atoms with E-state index >= 15 is 0 Å². The van der Waals surface area contributed by atoms with Crippen molar-refractivity contribution in [2.24, 2.45) is 0 Å². The molecule has 1 aromatic heterocycles. The largest absolute Gasteiger partial charge is 0.336 e. The second-order valence-corrected chi connectivity index (χ2v) is 4.27. The highest BCUT2D eigenvalue weighted by Gasteiger charge is 2.37. The third-order valence-corrected chi connectivity index (χ3v) is 3.32. The lowest BCUT2D eigenvalue weighted by atomic mass is 10.1. The molecule has 0 bridgehead atoms. The first-order chi connectivity index (χ1) is 8.25. The van der Waals surface area contributed by atoms with Crippen LogP contribution in [0.4, 0.5) is 0 Å². The number of rotatable bonds is 1. The summed E-state index contributed by atoms with van der Waals surface area (Å²) >= 11 is 0. The summed E-state index contributed by atoms with van der Waals surface area (Å²) in [4.78, 5) is 27.0. The second kappa shape index (κ2) is 3.79. The van der Waals surface area contributed by atoms with Crippen LogP contribution in [0, 0.1) is 0 Å². The Morgan fingerprint density at radius 3 is 3.06 bits per heavy atom. The van der Waals surface area contributed by atoms with Crippen molar-refractivity contribution in [1.82, 2.24) is 30.4 Å². The maximum Gasteiger partial charge on any atom is 0.295 e. The number of hydrogen-bond donors (Lipinski definition) is 1. The van der Waals surface area contributed by atoms with Crippen molar-refractivity contribution in [1.29, 1.82) is 0 Å². The number of piperazine rings is 1. The molecule has 0 aromatic carbocycles. The lowest BCUT2D eigenvalue weighted by Gasteiger charge is -2.36. The Kier molecular flexibility index (Phi) is 2.27. The average Bonchev–Trinajstić information content (AvgIpc) is 2.98. The van der Waals surface area contributed by atoms with Crippen molar-refractivity contribution in [3.05, 3.63) is 5.82 Å². The van der Waals surface area contributed by atoms with E-state index in [4.69, 9.17) is 0 Å². The van der Waals surface area contributed by atoms with E-state index in [2.05, 4.69) is 20.6 Å². The minimum absolute atomic E-state index is 0.0859. The minimum atomic E-state index is -0.224. The molecule has 2 fully saturated rings. The first-order valence-corrected chi connectivity index (χ1v) is 5.58. The molecular formula is C9H12N6O2. The molecule has 8 heteroatoms. The zero-order chi connectivity index (χ0) is 11.8. The Balaban J connectivity index is 1.71. The van der Waals surface area contributed by atoms with E-state index in [9.17, 15) is 9.59 Å². The number of aromatic nitrogens is 4. The molecule has 3 heterocycles. The van der Waals surface area contributed by atoms with Gasteiger partial charge in [0.1, 0.15) is 0 Å². The zero-order valence-corrected chi connectivity index (χ0v) is 9.17. The summed E-state index contributed by atoms with van der Waals surface area (Å²) in [5.74, 6) is 0.0576. The number of carbonyl (C=O) groups excluding carboxylic acids is 2. The SMILES string of the molecule is O=C(c1nn[nH]n1)N1CCN2C(=O)CCC2C1. The molecule has 0 aliphatic carbocycles. The van der Waals surface area contributed by atoms with Crippen LogP contribution in [-0.4, -0.2) is 67.9 Å². The highest BCUT2D eigenvalue weighted by atomic mass is 16.2. The molecular weight excluding hydrogens is 224 g/mol.